The van der Waals surface area contributed by atoms with E-state index in [0.717, 1.165) is 5.92 Å². The molecule has 0 amide bonds. The van der Waals surface area contributed by atoms with Crippen LogP contribution in [0.25, 0.3) is 0 Å². The fourth-order valence-electron chi connectivity index (χ4n) is 3.13. The molecule has 0 spiro atoms. The van der Waals surface area contributed by atoms with Gasteiger partial charge in [0.25, 0.3) is 0 Å². The molecule has 1 aliphatic rings. The van der Waals surface area contributed by atoms with E-state index in [1.807, 2.05) is 38.8 Å². The summed E-state index contributed by atoms with van der Waals surface area (Å²) in [7, 11) is 0. The van der Waals surface area contributed by atoms with Crippen LogP contribution in [-0.4, -0.2) is 0 Å². The van der Waals surface area contributed by atoms with E-state index in [2.05, 4.69) is 34.6 Å². The zero-order valence-electron chi connectivity index (χ0n) is 18.4. The first kappa shape index (κ1) is 27.6. The Morgan fingerprint density at radius 3 is 1.83 bits per heavy atom. The lowest BCUT2D eigenvalue weighted by Crippen LogP contribution is -2.09. The molecule has 1 unspecified atom stereocenters. The summed E-state index contributed by atoms with van der Waals surface area (Å²) in [4.78, 5) is 0. The minimum absolute atomic E-state index is 0.879. The zero-order chi connectivity index (χ0) is 18.5. The van der Waals surface area contributed by atoms with Gasteiger partial charge in [-0.05, 0) is 44.4 Å². The predicted octanol–water partition coefficient (Wildman–Crippen LogP) is 9.34. The van der Waals surface area contributed by atoms with Gasteiger partial charge >= 0.3 is 0 Å². The lowest BCUT2D eigenvalue weighted by Gasteiger charge is -2.25. The number of hydrogen-bond donors (Lipinski definition) is 0. The number of rotatable bonds is 7. The van der Waals surface area contributed by atoms with Crippen molar-refractivity contribution in [1.29, 1.82) is 0 Å². The molecule has 0 heteroatoms. The Labute approximate surface area is 150 Å². The molecule has 0 bridgehead atoms. The average Bonchev–Trinajstić information content (AvgIpc) is 2.59. The first-order chi connectivity index (χ1) is 11.2. The summed E-state index contributed by atoms with van der Waals surface area (Å²) in [6.45, 7) is 19.3. The van der Waals surface area contributed by atoms with Crippen LogP contribution in [0, 0.1) is 5.92 Å². The maximum atomic E-state index is 2.43. The van der Waals surface area contributed by atoms with Crippen LogP contribution in [-0.2, 0) is 0 Å². The van der Waals surface area contributed by atoms with E-state index in [0.29, 0.717) is 0 Å². The maximum absolute atomic E-state index is 2.43. The molecule has 0 saturated heterocycles. The molecule has 0 aliphatic heterocycles. The second-order valence-electron chi connectivity index (χ2n) is 6.15. The van der Waals surface area contributed by atoms with Crippen molar-refractivity contribution in [2.75, 3.05) is 0 Å². The van der Waals surface area contributed by atoms with Crippen LogP contribution in [0.4, 0.5) is 0 Å². The van der Waals surface area contributed by atoms with Crippen LogP contribution >= 0.6 is 0 Å². The minimum Gasteiger partial charge on any atom is -0.0707 e. The van der Waals surface area contributed by atoms with E-state index >= 15 is 0 Å². The number of allylic oxidation sites excluding steroid dienone is 2. The van der Waals surface area contributed by atoms with Crippen LogP contribution < -0.4 is 0 Å². The van der Waals surface area contributed by atoms with Gasteiger partial charge in [-0.3, -0.25) is 0 Å². The Hall–Kier alpha value is -0.260. The molecule has 1 atom stereocenters. The molecule has 0 aromatic rings. The van der Waals surface area contributed by atoms with Gasteiger partial charge in [-0.2, -0.15) is 0 Å². The van der Waals surface area contributed by atoms with E-state index in [1.54, 1.807) is 0 Å². The topological polar surface area (TPSA) is 0 Å². The molecule has 0 nitrogen and oxygen atoms in total. The summed E-state index contributed by atoms with van der Waals surface area (Å²) in [6.07, 6.45) is 15.3. The fourth-order valence-corrected chi connectivity index (χ4v) is 3.13. The summed E-state index contributed by atoms with van der Waals surface area (Å²) in [5.74, 6) is 0.879. The smallest absolute Gasteiger partial charge is 0.0229 e. The van der Waals surface area contributed by atoms with Crippen LogP contribution in [0.3, 0.4) is 0 Å². The SMILES string of the molecule is CC.CC.CCC.CCCCCCCC1=C(CC)C(C)CCC1. The number of hydrogen-bond acceptors (Lipinski definition) is 0. The third kappa shape index (κ3) is 16.4. The summed E-state index contributed by atoms with van der Waals surface area (Å²) >= 11 is 0. The van der Waals surface area contributed by atoms with Crippen molar-refractivity contribution in [3.8, 4) is 0 Å². The van der Waals surface area contributed by atoms with E-state index < -0.39 is 0 Å². The molecule has 0 aromatic heterocycles. The molecule has 0 N–H and O–H groups in total. The normalized spacial score (nSPS) is 16.3. The van der Waals surface area contributed by atoms with E-state index in [4.69, 9.17) is 0 Å². The Bertz CT molecular complexity index is 224. The molecular weight excluding hydrogens is 276 g/mol. The second-order valence-corrected chi connectivity index (χ2v) is 6.15. The molecule has 0 aromatic carbocycles. The summed E-state index contributed by atoms with van der Waals surface area (Å²) in [5, 5.41) is 0. The van der Waals surface area contributed by atoms with Gasteiger partial charge in [-0.15, -0.1) is 0 Å². The summed E-state index contributed by atoms with van der Waals surface area (Å²) < 4.78 is 0. The van der Waals surface area contributed by atoms with Crippen molar-refractivity contribution in [3.63, 3.8) is 0 Å². The molecule has 1 aliphatic carbocycles. The van der Waals surface area contributed by atoms with Crippen LogP contribution in [0.15, 0.2) is 11.1 Å². The van der Waals surface area contributed by atoms with Crippen molar-refractivity contribution in [1.82, 2.24) is 0 Å². The Kier molecular flexibility index (Phi) is 28.8. The highest BCUT2D eigenvalue weighted by molar-refractivity contribution is 5.19. The zero-order valence-corrected chi connectivity index (χ0v) is 18.4. The van der Waals surface area contributed by atoms with Gasteiger partial charge in [-0.1, -0.05) is 106 Å². The van der Waals surface area contributed by atoms with E-state index in [-0.39, 0.29) is 0 Å². The Morgan fingerprint density at radius 1 is 0.826 bits per heavy atom. The highest BCUT2D eigenvalue weighted by Crippen LogP contribution is 2.34. The maximum Gasteiger partial charge on any atom is -0.0229 e. The third-order valence-electron chi connectivity index (χ3n) is 4.13. The molecule has 0 heterocycles. The predicted molar refractivity (Wildman–Crippen MR) is 112 cm³/mol. The van der Waals surface area contributed by atoms with Crippen LogP contribution in [0.5, 0.6) is 0 Å². The first-order valence-electron chi connectivity index (χ1n) is 10.9. The molecule has 0 saturated carbocycles. The summed E-state index contributed by atoms with van der Waals surface area (Å²) in [5.41, 5.74) is 3.64. The average molecular weight is 327 g/mol. The number of unbranched alkanes of at least 4 members (excludes halogenated alkanes) is 4. The van der Waals surface area contributed by atoms with Crippen molar-refractivity contribution in [3.05, 3.63) is 11.1 Å². The molecular formula is C23H50. The largest absolute Gasteiger partial charge is 0.0707 e. The van der Waals surface area contributed by atoms with Crippen molar-refractivity contribution in [2.24, 2.45) is 5.92 Å². The fraction of sp³-hybridized carbons (Fsp3) is 0.913. The van der Waals surface area contributed by atoms with E-state index in [9.17, 15) is 0 Å². The van der Waals surface area contributed by atoms with Crippen LogP contribution in [0.1, 0.15) is 133 Å². The van der Waals surface area contributed by atoms with Crippen molar-refractivity contribution >= 4 is 0 Å². The van der Waals surface area contributed by atoms with Gasteiger partial charge in [0.2, 0.25) is 0 Å². The molecule has 0 fully saturated rings. The van der Waals surface area contributed by atoms with Crippen molar-refractivity contribution < 1.29 is 0 Å². The van der Waals surface area contributed by atoms with E-state index in [1.165, 1.54) is 70.6 Å². The molecule has 142 valence electrons. The highest BCUT2D eigenvalue weighted by Gasteiger charge is 2.17. The lowest BCUT2D eigenvalue weighted by molar-refractivity contribution is 0.503. The van der Waals surface area contributed by atoms with Gasteiger partial charge in [0.15, 0.2) is 0 Å². The van der Waals surface area contributed by atoms with Crippen LogP contribution in [0.2, 0.25) is 0 Å². The molecule has 23 heavy (non-hydrogen) atoms. The molecule has 0 radical (unpaired) electrons. The van der Waals surface area contributed by atoms with Gasteiger partial charge in [0.05, 0.1) is 0 Å². The quantitative estimate of drug-likeness (QED) is 0.323. The first-order valence-corrected chi connectivity index (χ1v) is 10.9. The minimum atomic E-state index is 0.879. The van der Waals surface area contributed by atoms with Crippen molar-refractivity contribution in [2.45, 2.75) is 133 Å². The second kappa shape index (κ2) is 24.0. The molecule has 1 rings (SSSR count). The third-order valence-corrected chi connectivity index (χ3v) is 4.13. The lowest BCUT2D eigenvalue weighted by atomic mass is 9.81. The van der Waals surface area contributed by atoms with Gasteiger partial charge < -0.3 is 0 Å². The van der Waals surface area contributed by atoms with Gasteiger partial charge in [0.1, 0.15) is 0 Å². The van der Waals surface area contributed by atoms with Gasteiger partial charge in [0, 0.05) is 0 Å². The Morgan fingerprint density at radius 2 is 1.35 bits per heavy atom. The highest BCUT2D eigenvalue weighted by atomic mass is 14.2. The standard InChI is InChI=1S/C16H30.C3H8.2C2H6/c1-4-6-7-8-9-12-15-13-10-11-14(3)16(15)5-2;1-3-2;2*1-2/h14H,4-13H2,1-3H3;3H2,1-2H3;2*1-2H3. The van der Waals surface area contributed by atoms with Gasteiger partial charge in [-0.25, -0.2) is 0 Å². The summed E-state index contributed by atoms with van der Waals surface area (Å²) in [6, 6.07) is 0. The Balaban J connectivity index is -0.000000496. The monoisotopic (exact) mass is 326 g/mol.